The van der Waals surface area contributed by atoms with Crippen LogP contribution in [0, 0.1) is 17.7 Å². The third-order valence-electron chi connectivity index (χ3n) is 7.17. The third-order valence-corrected chi connectivity index (χ3v) is 8.30. The average Bonchev–Trinajstić information content (AvgIpc) is 3.61. The summed E-state index contributed by atoms with van der Waals surface area (Å²) in [5, 5.41) is 9.29. The van der Waals surface area contributed by atoms with E-state index in [2.05, 4.69) is 0 Å². The predicted molar refractivity (Wildman–Crippen MR) is 157 cm³/mol. The van der Waals surface area contributed by atoms with Crippen LogP contribution in [-0.2, 0) is 27.5 Å². The highest BCUT2D eigenvalue weighted by Gasteiger charge is 2.27. The van der Waals surface area contributed by atoms with E-state index in [-0.39, 0.29) is 65.4 Å². The second-order valence-electron chi connectivity index (χ2n) is 10.5. The van der Waals surface area contributed by atoms with E-state index in [1.165, 1.54) is 27.2 Å². The number of ketones is 1. The summed E-state index contributed by atoms with van der Waals surface area (Å²) in [7, 11) is 2.92. The first-order chi connectivity index (χ1) is 20.6. The molecule has 2 atom stereocenters. The molecule has 10 nitrogen and oxygen atoms in total. The van der Waals surface area contributed by atoms with Gasteiger partial charge in [0.15, 0.2) is 34.6 Å². The van der Waals surface area contributed by atoms with Crippen molar-refractivity contribution in [3.8, 4) is 23.0 Å². The van der Waals surface area contributed by atoms with Gasteiger partial charge in [-0.15, -0.1) is 11.3 Å². The van der Waals surface area contributed by atoms with Gasteiger partial charge in [-0.2, -0.15) is 0 Å². The van der Waals surface area contributed by atoms with Gasteiger partial charge in [0.25, 0.3) is 0 Å². The van der Waals surface area contributed by atoms with Gasteiger partial charge in [0, 0.05) is 54.4 Å². The summed E-state index contributed by atoms with van der Waals surface area (Å²) >= 11 is 1.07. The van der Waals surface area contributed by atoms with E-state index < -0.39 is 17.7 Å². The van der Waals surface area contributed by atoms with Gasteiger partial charge >= 0.3 is 5.97 Å². The van der Waals surface area contributed by atoms with Crippen molar-refractivity contribution in [3.63, 3.8) is 0 Å². The van der Waals surface area contributed by atoms with Gasteiger partial charge in [-0.1, -0.05) is 13.8 Å². The fraction of sp³-hybridized carbons (Fsp3) is 0.419. The lowest BCUT2D eigenvalue weighted by atomic mass is 10.0. The van der Waals surface area contributed by atoms with Gasteiger partial charge in [-0.25, -0.2) is 4.39 Å². The molecule has 2 heterocycles. The summed E-state index contributed by atoms with van der Waals surface area (Å²) in [5.41, 5.74) is 1.89. The number of aldehydes is 1. The Morgan fingerprint density at radius 1 is 0.977 bits per heavy atom. The van der Waals surface area contributed by atoms with Crippen molar-refractivity contribution >= 4 is 45.4 Å². The number of hydrogen-bond acceptors (Lipinski definition) is 9. The molecule has 0 spiro atoms. The Kier molecular flexibility index (Phi) is 10.2. The Morgan fingerprint density at radius 2 is 1.63 bits per heavy atom. The van der Waals surface area contributed by atoms with E-state index in [9.17, 15) is 19.2 Å². The van der Waals surface area contributed by atoms with Crippen LogP contribution in [-0.4, -0.2) is 61.4 Å². The van der Waals surface area contributed by atoms with Crippen LogP contribution in [0.2, 0.25) is 0 Å². The molecular weight excluding hydrogens is 581 g/mol. The van der Waals surface area contributed by atoms with Gasteiger partial charge in [0.1, 0.15) is 6.29 Å². The number of amides is 1. The predicted octanol–water partition coefficient (Wildman–Crippen LogP) is 5.27. The number of aliphatic carboxylic acids is 1. The van der Waals surface area contributed by atoms with Crippen molar-refractivity contribution in [1.82, 2.24) is 4.90 Å². The Balaban J connectivity index is 1.37. The zero-order chi connectivity index (χ0) is 31.3. The summed E-state index contributed by atoms with van der Waals surface area (Å²) in [6.45, 7) is 4.35. The smallest absolute Gasteiger partial charge is 0.306 e. The van der Waals surface area contributed by atoms with Crippen LogP contribution in [0.25, 0.3) is 10.1 Å². The number of halogens is 1. The highest BCUT2D eigenvalue weighted by molar-refractivity contribution is 7.20. The summed E-state index contributed by atoms with van der Waals surface area (Å²) in [6.07, 6.45) is 1.15. The maximum absolute atomic E-state index is 15.5. The number of nitrogens with zero attached hydrogens (tertiary/aromatic N) is 1. The van der Waals surface area contributed by atoms with Crippen molar-refractivity contribution in [2.24, 2.45) is 11.8 Å². The van der Waals surface area contributed by atoms with E-state index in [0.717, 1.165) is 28.7 Å². The maximum Gasteiger partial charge on any atom is 0.306 e. The molecule has 3 aromatic rings. The molecule has 12 heteroatoms. The number of carboxylic acids is 1. The van der Waals surface area contributed by atoms with Gasteiger partial charge in [-0.3, -0.25) is 14.4 Å². The first kappa shape index (κ1) is 31.7. The molecule has 0 fully saturated rings. The molecular formula is C31H34FNO9S. The number of fused-ring (bicyclic) bond motifs is 2. The molecule has 0 saturated carbocycles. The third kappa shape index (κ3) is 7.24. The number of thiophene rings is 1. The van der Waals surface area contributed by atoms with Crippen LogP contribution in [0.4, 0.5) is 4.39 Å². The molecule has 0 aliphatic carbocycles. The van der Waals surface area contributed by atoms with Crippen LogP contribution in [0.1, 0.15) is 53.9 Å². The summed E-state index contributed by atoms with van der Waals surface area (Å²) in [5.74, 6) is -2.28. The molecule has 230 valence electrons. The van der Waals surface area contributed by atoms with Gasteiger partial charge in [0.05, 0.1) is 38.2 Å². The number of ether oxygens (including phenoxy) is 4. The van der Waals surface area contributed by atoms with Crippen molar-refractivity contribution in [2.45, 2.75) is 46.2 Å². The molecule has 1 aliphatic rings. The van der Waals surface area contributed by atoms with Crippen molar-refractivity contribution in [2.75, 3.05) is 27.4 Å². The molecule has 43 heavy (non-hydrogen) atoms. The van der Waals surface area contributed by atoms with Crippen molar-refractivity contribution in [1.29, 1.82) is 0 Å². The quantitative estimate of drug-likeness (QED) is 0.138. The normalized spacial score (nSPS) is 13.7. The summed E-state index contributed by atoms with van der Waals surface area (Å²) in [4.78, 5) is 49.1. The average molecular weight is 616 g/mol. The van der Waals surface area contributed by atoms with Crippen LogP contribution >= 0.6 is 11.3 Å². The fourth-order valence-corrected chi connectivity index (χ4v) is 5.75. The maximum atomic E-state index is 15.5. The molecule has 2 aromatic carbocycles. The molecule has 0 unspecified atom stereocenters. The Morgan fingerprint density at radius 3 is 2.26 bits per heavy atom. The first-order valence-electron chi connectivity index (χ1n) is 13.8. The minimum Gasteiger partial charge on any atom is -0.493 e. The van der Waals surface area contributed by atoms with Crippen molar-refractivity contribution < 1.29 is 47.6 Å². The Bertz CT molecular complexity index is 1540. The zero-order valence-electron chi connectivity index (χ0n) is 24.4. The lowest BCUT2D eigenvalue weighted by molar-refractivity contribution is -0.141. The van der Waals surface area contributed by atoms with E-state index in [1.807, 2.05) is 12.1 Å². The second kappa shape index (κ2) is 13.9. The van der Waals surface area contributed by atoms with Gasteiger partial charge < -0.3 is 33.7 Å². The van der Waals surface area contributed by atoms with Crippen LogP contribution in [0.15, 0.2) is 24.3 Å². The number of Topliss-reactive ketones (excluding diaryl/α,β-unsaturated/α-hetero) is 1. The molecule has 1 aromatic heterocycles. The summed E-state index contributed by atoms with van der Waals surface area (Å²) in [6, 6.07) is 6.69. The number of carbonyl (C=O) groups is 4. The van der Waals surface area contributed by atoms with E-state index in [4.69, 9.17) is 24.1 Å². The minimum absolute atomic E-state index is 0.0885. The minimum atomic E-state index is -1.07. The van der Waals surface area contributed by atoms with Crippen LogP contribution in [0.3, 0.4) is 0 Å². The highest BCUT2D eigenvalue weighted by Crippen LogP contribution is 2.41. The lowest BCUT2D eigenvalue weighted by Gasteiger charge is -2.16. The molecule has 1 aliphatic heterocycles. The molecule has 1 N–H and O–H groups in total. The van der Waals surface area contributed by atoms with E-state index in [1.54, 1.807) is 17.9 Å². The summed E-state index contributed by atoms with van der Waals surface area (Å²) < 4.78 is 38.5. The second-order valence-corrected chi connectivity index (χ2v) is 11.6. The highest BCUT2D eigenvalue weighted by atomic mass is 32.1. The molecule has 0 saturated heterocycles. The molecule has 1 amide bonds. The number of carbonyl (C=O) groups excluding carboxylic acids is 3. The van der Waals surface area contributed by atoms with Crippen LogP contribution in [0.5, 0.6) is 23.0 Å². The number of benzene rings is 2. The monoisotopic (exact) mass is 615 g/mol. The molecule has 0 radical (unpaired) electrons. The number of rotatable bonds is 15. The Hall–Kier alpha value is -4.19. The zero-order valence-corrected chi connectivity index (χ0v) is 25.3. The van der Waals surface area contributed by atoms with Gasteiger partial charge in [-0.05, 0) is 29.3 Å². The van der Waals surface area contributed by atoms with Crippen molar-refractivity contribution in [3.05, 3.63) is 46.1 Å². The lowest BCUT2D eigenvalue weighted by Crippen LogP contribution is -2.27. The molecule has 0 bridgehead atoms. The van der Waals surface area contributed by atoms with Gasteiger partial charge in [0.2, 0.25) is 5.91 Å². The van der Waals surface area contributed by atoms with Crippen LogP contribution < -0.4 is 18.9 Å². The fourth-order valence-electron chi connectivity index (χ4n) is 4.71. The SMILES string of the molecule is COc1cc2c(cc1OCCCOc1c(OC)cc3sc(C(=O)C[C@H](C)C(=O)O)cc3c1F)CN(C(=O)C[C@H](C)C=O)C2. The number of methoxy groups -OCH3 is 2. The number of carboxylic acid groups (broad SMARTS) is 1. The number of hydrogen-bond donors (Lipinski definition) is 1. The largest absolute Gasteiger partial charge is 0.493 e. The van der Waals surface area contributed by atoms with E-state index >= 15 is 4.39 Å². The van der Waals surface area contributed by atoms with E-state index in [0.29, 0.717) is 35.7 Å². The topological polar surface area (TPSA) is 129 Å². The Labute approximate surface area is 252 Å². The molecule has 4 rings (SSSR count). The first-order valence-corrected chi connectivity index (χ1v) is 14.6. The standard InChI is InChI=1S/C31H34FNO9S/c1-17(16-34)8-28(36)33-14-19-10-23(39-3)24(11-20(19)15-33)41-6-5-7-42-30-25(40-4)13-26-21(29(30)32)12-27(43-26)22(35)9-18(2)31(37)38/h10-13,16-18H,5-9,14-15H2,1-4H3,(H,37,38)/t17-,18-/m0/s1.